The molecule has 2 aromatic rings. The molecule has 5 heteroatoms. The van der Waals surface area contributed by atoms with Crippen LogP contribution in [0.15, 0.2) is 29.2 Å². The van der Waals surface area contributed by atoms with E-state index in [1.165, 1.54) is 37.8 Å². The number of benzene rings is 1. The number of hydrogen-bond donors (Lipinski definition) is 2. The predicted molar refractivity (Wildman–Crippen MR) is 89.0 cm³/mol. The van der Waals surface area contributed by atoms with Gasteiger partial charge in [0.05, 0.1) is 0 Å². The van der Waals surface area contributed by atoms with E-state index < -0.39 is 0 Å². The smallest absolute Gasteiger partial charge is 0.193 e. The summed E-state index contributed by atoms with van der Waals surface area (Å²) in [5.41, 5.74) is 1.57. The lowest BCUT2D eigenvalue weighted by atomic mass is 9.92. The molecule has 0 bridgehead atoms. The Morgan fingerprint density at radius 1 is 1.26 bits per heavy atom. The fourth-order valence-corrected chi connectivity index (χ4v) is 4.21. The van der Waals surface area contributed by atoms with Crippen LogP contribution in [-0.2, 0) is 6.54 Å². The predicted octanol–water partition coefficient (Wildman–Crippen LogP) is 2.39. The van der Waals surface area contributed by atoms with Crippen LogP contribution in [0.5, 0.6) is 0 Å². The number of rotatable bonds is 2. The topological polar surface area (TPSA) is 48.1 Å². The van der Waals surface area contributed by atoms with Crippen LogP contribution in [0.4, 0.5) is 4.39 Å². The molecule has 1 saturated carbocycles. The summed E-state index contributed by atoms with van der Waals surface area (Å²) in [5, 5.41) is 3.95. The number of halogens is 1. The van der Waals surface area contributed by atoms with Gasteiger partial charge in [-0.3, -0.25) is 9.69 Å². The largest absolute Gasteiger partial charge is 0.361 e. The van der Waals surface area contributed by atoms with Gasteiger partial charge in [-0.1, -0.05) is 12.8 Å². The highest BCUT2D eigenvalue weighted by molar-refractivity contribution is 5.78. The van der Waals surface area contributed by atoms with Crippen LogP contribution < -0.4 is 10.7 Å². The zero-order valence-corrected chi connectivity index (χ0v) is 13.2. The first-order chi connectivity index (χ1) is 11.2. The Morgan fingerprint density at radius 3 is 2.91 bits per heavy atom. The molecule has 4 rings (SSSR count). The zero-order valence-electron chi connectivity index (χ0n) is 13.2. The minimum Gasteiger partial charge on any atom is -0.361 e. The Bertz CT molecular complexity index is 779. The van der Waals surface area contributed by atoms with Crippen molar-refractivity contribution < 1.29 is 4.39 Å². The molecule has 2 fully saturated rings. The van der Waals surface area contributed by atoms with Crippen LogP contribution >= 0.6 is 0 Å². The standard InChI is InChI=1S/C18H22FN3O/c19-14-3-4-16-15(9-14)17(23)13(10-21-16)11-22-8-7-20-12-18(22)5-1-2-6-18/h3-4,9-10,20H,1-2,5-8,11-12H2,(H,21,23). The first-order valence-electron chi connectivity index (χ1n) is 8.44. The van der Waals surface area contributed by atoms with E-state index in [-0.39, 0.29) is 16.8 Å². The lowest BCUT2D eigenvalue weighted by molar-refractivity contribution is 0.0569. The molecule has 0 unspecified atom stereocenters. The molecular formula is C18H22FN3O. The molecule has 0 atom stereocenters. The quantitative estimate of drug-likeness (QED) is 0.894. The molecule has 122 valence electrons. The number of hydrogen-bond acceptors (Lipinski definition) is 3. The van der Waals surface area contributed by atoms with Crippen molar-refractivity contribution in [2.75, 3.05) is 19.6 Å². The van der Waals surface area contributed by atoms with Crippen molar-refractivity contribution in [3.8, 4) is 0 Å². The van der Waals surface area contributed by atoms with E-state index in [0.29, 0.717) is 17.4 Å². The van der Waals surface area contributed by atoms with Crippen molar-refractivity contribution in [1.82, 2.24) is 15.2 Å². The number of fused-ring (bicyclic) bond motifs is 1. The minimum absolute atomic E-state index is 0.0510. The van der Waals surface area contributed by atoms with Gasteiger partial charge in [0.1, 0.15) is 5.82 Å². The van der Waals surface area contributed by atoms with Crippen LogP contribution in [0, 0.1) is 5.82 Å². The number of aromatic nitrogens is 1. The summed E-state index contributed by atoms with van der Waals surface area (Å²) in [6.07, 6.45) is 6.71. The summed E-state index contributed by atoms with van der Waals surface area (Å²) < 4.78 is 13.5. The van der Waals surface area contributed by atoms with Crippen molar-refractivity contribution in [3.05, 3.63) is 46.0 Å². The van der Waals surface area contributed by atoms with Crippen LogP contribution in [0.1, 0.15) is 31.2 Å². The van der Waals surface area contributed by atoms with Crippen LogP contribution in [0.3, 0.4) is 0 Å². The molecule has 23 heavy (non-hydrogen) atoms. The Hall–Kier alpha value is -1.72. The Labute approximate surface area is 134 Å². The number of aromatic amines is 1. The summed E-state index contributed by atoms with van der Waals surface area (Å²) >= 11 is 0. The summed E-state index contributed by atoms with van der Waals surface area (Å²) in [6.45, 7) is 3.57. The molecule has 2 heterocycles. The van der Waals surface area contributed by atoms with Crippen molar-refractivity contribution >= 4 is 10.9 Å². The SMILES string of the molecule is O=c1c(CN2CCNCC23CCCC3)c[nH]c2ccc(F)cc12. The van der Waals surface area contributed by atoms with Crippen molar-refractivity contribution in [3.63, 3.8) is 0 Å². The minimum atomic E-state index is -0.366. The molecule has 0 radical (unpaired) electrons. The first-order valence-corrected chi connectivity index (χ1v) is 8.44. The van der Waals surface area contributed by atoms with Crippen LogP contribution in [-0.4, -0.2) is 35.1 Å². The Morgan fingerprint density at radius 2 is 2.09 bits per heavy atom. The van der Waals surface area contributed by atoms with E-state index in [1.807, 2.05) is 0 Å². The summed E-state index contributed by atoms with van der Waals surface area (Å²) in [4.78, 5) is 18.3. The average Bonchev–Trinajstić information content (AvgIpc) is 3.02. The third-order valence-electron chi connectivity index (χ3n) is 5.50. The third kappa shape index (κ3) is 2.58. The van der Waals surface area contributed by atoms with Gasteiger partial charge < -0.3 is 10.3 Å². The zero-order chi connectivity index (χ0) is 15.9. The molecule has 2 N–H and O–H groups in total. The lowest BCUT2D eigenvalue weighted by Gasteiger charge is -2.45. The molecule has 0 amide bonds. The highest BCUT2D eigenvalue weighted by Gasteiger charge is 2.41. The molecule has 1 aliphatic heterocycles. The van der Waals surface area contributed by atoms with Crippen LogP contribution in [0.2, 0.25) is 0 Å². The number of nitrogens with one attached hydrogen (secondary N) is 2. The lowest BCUT2D eigenvalue weighted by Crippen LogP contribution is -2.59. The van der Waals surface area contributed by atoms with Gasteiger partial charge in [-0.15, -0.1) is 0 Å². The van der Waals surface area contributed by atoms with E-state index in [9.17, 15) is 9.18 Å². The van der Waals surface area contributed by atoms with Crippen molar-refractivity contribution in [1.29, 1.82) is 0 Å². The molecule has 1 saturated heterocycles. The summed E-state index contributed by atoms with van der Waals surface area (Å²) in [6, 6.07) is 4.33. The second-order valence-electron chi connectivity index (χ2n) is 6.86. The summed E-state index contributed by atoms with van der Waals surface area (Å²) in [7, 11) is 0. The maximum Gasteiger partial charge on any atom is 0.193 e. The number of piperazine rings is 1. The van der Waals surface area contributed by atoms with E-state index in [1.54, 1.807) is 12.3 Å². The fraction of sp³-hybridized carbons (Fsp3) is 0.500. The van der Waals surface area contributed by atoms with Crippen molar-refractivity contribution in [2.24, 2.45) is 0 Å². The second kappa shape index (κ2) is 5.73. The highest BCUT2D eigenvalue weighted by atomic mass is 19.1. The average molecular weight is 315 g/mol. The van der Waals surface area contributed by atoms with Gasteiger partial charge >= 0.3 is 0 Å². The molecule has 1 aliphatic carbocycles. The van der Waals surface area contributed by atoms with Gasteiger partial charge in [0, 0.05) is 54.4 Å². The Kier molecular flexibility index (Phi) is 3.70. The Balaban J connectivity index is 1.69. The van der Waals surface area contributed by atoms with Gasteiger partial charge in [0.25, 0.3) is 0 Å². The number of pyridine rings is 1. The highest BCUT2D eigenvalue weighted by Crippen LogP contribution is 2.36. The van der Waals surface area contributed by atoms with E-state index in [2.05, 4.69) is 15.2 Å². The van der Waals surface area contributed by atoms with Gasteiger partial charge in [0.15, 0.2) is 5.43 Å². The molecule has 1 aromatic carbocycles. The number of nitrogens with zero attached hydrogens (tertiary/aromatic N) is 1. The monoisotopic (exact) mass is 315 g/mol. The maximum atomic E-state index is 13.5. The molecular weight excluding hydrogens is 293 g/mol. The molecule has 1 aromatic heterocycles. The van der Waals surface area contributed by atoms with Crippen LogP contribution in [0.25, 0.3) is 10.9 Å². The van der Waals surface area contributed by atoms with E-state index in [0.717, 1.165) is 25.2 Å². The molecule has 1 spiro atoms. The van der Waals surface area contributed by atoms with Crippen molar-refractivity contribution in [2.45, 2.75) is 37.8 Å². The second-order valence-corrected chi connectivity index (χ2v) is 6.86. The van der Waals surface area contributed by atoms with Gasteiger partial charge in [-0.2, -0.15) is 0 Å². The fourth-order valence-electron chi connectivity index (χ4n) is 4.21. The third-order valence-corrected chi connectivity index (χ3v) is 5.50. The maximum absolute atomic E-state index is 13.5. The summed E-state index contributed by atoms with van der Waals surface area (Å²) in [5.74, 6) is -0.366. The van der Waals surface area contributed by atoms with Gasteiger partial charge in [-0.25, -0.2) is 4.39 Å². The first kappa shape index (κ1) is 14.8. The van der Waals surface area contributed by atoms with E-state index >= 15 is 0 Å². The normalized spacial score (nSPS) is 21.3. The number of H-pyrrole nitrogens is 1. The van der Waals surface area contributed by atoms with Gasteiger partial charge in [-0.05, 0) is 31.0 Å². The molecule has 4 nitrogen and oxygen atoms in total. The van der Waals surface area contributed by atoms with Gasteiger partial charge in [0.2, 0.25) is 0 Å². The van der Waals surface area contributed by atoms with E-state index in [4.69, 9.17) is 0 Å². The molecule has 2 aliphatic rings.